The number of nitrogens with one attached hydrogen (secondary N) is 2. The topological polar surface area (TPSA) is 48.9 Å². The van der Waals surface area contributed by atoms with Crippen molar-refractivity contribution in [1.82, 2.24) is 15.5 Å². The van der Waals surface area contributed by atoms with Crippen molar-refractivity contribution in [3.63, 3.8) is 0 Å². The van der Waals surface area contributed by atoms with Crippen LogP contribution in [0.3, 0.4) is 0 Å². The average Bonchev–Trinajstić information content (AvgIpc) is 2.99. The zero-order valence-corrected chi connectivity index (χ0v) is 18.6. The molecule has 1 aliphatic heterocycles. The Hall–Kier alpha value is -0.930. The van der Waals surface area contributed by atoms with Crippen LogP contribution in [0.2, 0.25) is 0 Å². The maximum absolute atomic E-state index is 13.9. The summed E-state index contributed by atoms with van der Waals surface area (Å²) in [5.74, 6) is 0.593. The molecule has 148 valence electrons. The molecule has 1 atom stereocenters. The molecule has 1 heterocycles. The summed E-state index contributed by atoms with van der Waals surface area (Å²) in [6, 6.07) is 5.21. The lowest BCUT2D eigenvalue weighted by atomic mass is 10.0. The second-order valence-corrected chi connectivity index (χ2v) is 7.11. The van der Waals surface area contributed by atoms with Gasteiger partial charge in [0.15, 0.2) is 5.96 Å². The van der Waals surface area contributed by atoms with Gasteiger partial charge in [0.1, 0.15) is 5.82 Å². The summed E-state index contributed by atoms with van der Waals surface area (Å²) in [5, 5.41) is 6.62. The van der Waals surface area contributed by atoms with E-state index in [0.717, 1.165) is 44.1 Å². The summed E-state index contributed by atoms with van der Waals surface area (Å²) < 4.78 is 19.7. The molecule has 1 fully saturated rings. The van der Waals surface area contributed by atoms with Crippen LogP contribution in [0.25, 0.3) is 0 Å². The van der Waals surface area contributed by atoms with E-state index in [1.807, 2.05) is 32.0 Å². The zero-order chi connectivity index (χ0) is 18.3. The predicted octanol–water partition coefficient (Wildman–Crippen LogP) is 3.13. The van der Waals surface area contributed by atoms with Crippen LogP contribution in [0.1, 0.15) is 37.8 Å². The minimum Gasteiger partial charge on any atom is -0.373 e. The van der Waals surface area contributed by atoms with Crippen LogP contribution < -0.4 is 10.6 Å². The molecular formula is C19H32FIN4O. The fraction of sp³-hybridized carbons (Fsp3) is 0.632. The molecule has 0 radical (unpaired) electrons. The van der Waals surface area contributed by atoms with E-state index in [4.69, 9.17) is 4.74 Å². The number of ether oxygens (including phenoxy) is 1. The van der Waals surface area contributed by atoms with E-state index in [9.17, 15) is 4.39 Å². The van der Waals surface area contributed by atoms with E-state index in [2.05, 4.69) is 22.5 Å². The van der Waals surface area contributed by atoms with Crippen molar-refractivity contribution in [2.24, 2.45) is 4.99 Å². The number of aliphatic imine (C=N–C) groups is 1. The summed E-state index contributed by atoms with van der Waals surface area (Å²) in [6.07, 6.45) is 2.17. The third kappa shape index (κ3) is 7.36. The van der Waals surface area contributed by atoms with Crippen LogP contribution in [0.5, 0.6) is 0 Å². The molecule has 0 spiro atoms. The maximum Gasteiger partial charge on any atom is 0.191 e. The maximum atomic E-state index is 13.9. The normalized spacial score (nSPS) is 20.2. The van der Waals surface area contributed by atoms with Crippen molar-refractivity contribution in [3.8, 4) is 0 Å². The molecule has 1 aromatic rings. The number of rotatable bonds is 7. The second kappa shape index (κ2) is 11.0. The molecule has 0 amide bonds. The van der Waals surface area contributed by atoms with E-state index in [1.54, 1.807) is 6.07 Å². The highest BCUT2D eigenvalue weighted by molar-refractivity contribution is 14.0. The smallest absolute Gasteiger partial charge is 0.191 e. The minimum absolute atomic E-state index is 0. The highest BCUT2D eigenvalue weighted by Crippen LogP contribution is 2.23. The Bertz CT molecular complexity index is 589. The van der Waals surface area contributed by atoms with Gasteiger partial charge in [0, 0.05) is 31.8 Å². The van der Waals surface area contributed by atoms with E-state index in [1.165, 1.54) is 6.07 Å². The Labute approximate surface area is 173 Å². The molecule has 5 nitrogen and oxygen atoms in total. The predicted molar refractivity (Wildman–Crippen MR) is 116 cm³/mol. The van der Waals surface area contributed by atoms with Gasteiger partial charge in [-0.1, -0.05) is 6.07 Å². The van der Waals surface area contributed by atoms with Gasteiger partial charge < -0.3 is 20.3 Å². The van der Waals surface area contributed by atoms with Crippen molar-refractivity contribution >= 4 is 29.9 Å². The number of hydrogen-bond donors (Lipinski definition) is 2. The first-order valence-electron chi connectivity index (χ1n) is 9.00. The summed E-state index contributed by atoms with van der Waals surface area (Å²) in [6.45, 7) is 7.61. The van der Waals surface area contributed by atoms with Crippen molar-refractivity contribution in [2.45, 2.75) is 45.4 Å². The van der Waals surface area contributed by atoms with Crippen molar-refractivity contribution in [3.05, 3.63) is 35.1 Å². The Morgan fingerprint density at radius 1 is 1.35 bits per heavy atom. The van der Waals surface area contributed by atoms with Crippen LogP contribution in [0.4, 0.5) is 4.39 Å². The molecule has 0 bridgehead atoms. The largest absolute Gasteiger partial charge is 0.373 e. The molecule has 0 aromatic heterocycles. The molecular weight excluding hydrogens is 446 g/mol. The lowest BCUT2D eigenvalue weighted by Gasteiger charge is -2.24. The summed E-state index contributed by atoms with van der Waals surface area (Å²) in [7, 11) is 3.87. The number of hydrogen-bond acceptors (Lipinski definition) is 3. The number of halogens is 2. The molecule has 0 aliphatic carbocycles. The van der Waals surface area contributed by atoms with Crippen LogP contribution in [0, 0.1) is 5.82 Å². The van der Waals surface area contributed by atoms with E-state index >= 15 is 0 Å². The lowest BCUT2D eigenvalue weighted by molar-refractivity contribution is 0.0243. The molecule has 2 rings (SSSR count). The van der Waals surface area contributed by atoms with Gasteiger partial charge in [-0.25, -0.2) is 9.38 Å². The summed E-state index contributed by atoms with van der Waals surface area (Å²) in [4.78, 5) is 6.59. The monoisotopic (exact) mass is 478 g/mol. The Morgan fingerprint density at radius 2 is 2.12 bits per heavy atom. The fourth-order valence-corrected chi connectivity index (χ4v) is 2.95. The lowest BCUT2D eigenvalue weighted by Crippen LogP contribution is -2.45. The van der Waals surface area contributed by atoms with Crippen molar-refractivity contribution in [1.29, 1.82) is 0 Å². The quantitative estimate of drug-likeness (QED) is 0.359. The molecule has 0 saturated carbocycles. The van der Waals surface area contributed by atoms with Crippen molar-refractivity contribution < 1.29 is 9.13 Å². The van der Waals surface area contributed by atoms with E-state index < -0.39 is 0 Å². The summed E-state index contributed by atoms with van der Waals surface area (Å²) >= 11 is 0. The average molecular weight is 478 g/mol. The molecule has 1 unspecified atom stereocenters. The first-order valence-corrected chi connectivity index (χ1v) is 9.00. The molecule has 1 aliphatic rings. The Kier molecular flexibility index (Phi) is 9.81. The van der Waals surface area contributed by atoms with Gasteiger partial charge in [-0.2, -0.15) is 0 Å². The first-order chi connectivity index (χ1) is 11.9. The third-order valence-electron chi connectivity index (χ3n) is 4.29. The van der Waals surface area contributed by atoms with Gasteiger partial charge >= 0.3 is 0 Å². The van der Waals surface area contributed by atoms with Crippen LogP contribution in [-0.2, 0) is 17.8 Å². The zero-order valence-electron chi connectivity index (χ0n) is 16.3. The standard InChI is InChI=1S/C19H31FN4O.HI/c1-5-21-18(23-14-19(2)9-6-10-25-19)22-12-15-7-8-17(20)16(11-15)13-24(3)4;/h7-8,11H,5-6,9-10,12-14H2,1-4H3,(H2,21,22,23);1H. The van der Waals surface area contributed by atoms with Gasteiger partial charge in [0.2, 0.25) is 0 Å². The molecule has 1 aromatic carbocycles. The summed E-state index contributed by atoms with van der Waals surface area (Å²) in [5.41, 5.74) is 1.58. The van der Waals surface area contributed by atoms with Gasteiger partial charge in [-0.05, 0) is 58.5 Å². The fourth-order valence-electron chi connectivity index (χ4n) is 2.95. The molecule has 2 N–H and O–H groups in total. The van der Waals surface area contributed by atoms with Gasteiger partial charge in [-0.15, -0.1) is 24.0 Å². The second-order valence-electron chi connectivity index (χ2n) is 7.11. The third-order valence-corrected chi connectivity index (χ3v) is 4.29. The van der Waals surface area contributed by atoms with E-state index in [0.29, 0.717) is 18.7 Å². The van der Waals surface area contributed by atoms with Crippen LogP contribution in [0.15, 0.2) is 23.2 Å². The van der Waals surface area contributed by atoms with E-state index in [-0.39, 0.29) is 35.4 Å². The van der Waals surface area contributed by atoms with Gasteiger partial charge in [0.05, 0.1) is 12.1 Å². The minimum atomic E-state index is -0.169. The van der Waals surface area contributed by atoms with Gasteiger partial charge in [0.25, 0.3) is 0 Å². The van der Waals surface area contributed by atoms with Gasteiger partial charge in [-0.3, -0.25) is 0 Å². The van der Waals surface area contributed by atoms with Crippen LogP contribution >= 0.6 is 24.0 Å². The Balaban J connectivity index is 0.00000338. The highest BCUT2D eigenvalue weighted by Gasteiger charge is 2.29. The SMILES string of the molecule is CCNC(=NCc1ccc(F)c(CN(C)C)c1)NCC1(C)CCCO1.I. The number of guanidine groups is 1. The first kappa shape index (κ1) is 23.1. The molecule has 1 saturated heterocycles. The Morgan fingerprint density at radius 3 is 2.73 bits per heavy atom. The molecule has 7 heteroatoms. The molecule has 26 heavy (non-hydrogen) atoms. The number of nitrogens with zero attached hydrogens (tertiary/aromatic N) is 2. The van der Waals surface area contributed by atoms with Crippen LogP contribution in [-0.4, -0.2) is 50.3 Å². The highest BCUT2D eigenvalue weighted by atomic mass is 127. The number of benzene rings is 1. The van der Waals surface area contributed by atoms with Crippen molar-refractivity contribution in [2.75, 3.05) is 33.8 Å².